The molecular weight excluding hydrogens is 234 g/mol. The minimum Gasteiger partial charge on any atom is -0.375 e. The zero-order chi connectivity index (χ0) is 12.0. The Balaban J connectivity index is 2.18. The van der Waals surface area contributed by atoms with E-state index in [1.807, 2.05) is 29.0 Å². The summed E-state index contributed by atoms with van der Waals surface area (Å²) in [6, 6.07) is 4.20. The smallest absolute Gasteiger partial charge is 0.260 e. The first-order valence-corrected chi connectivity index (χ1v) is 6.48. The molecule has 0 bridgehead atoms. The second-order valence-corrected chi connectivity index (χ2v) is 5.26. The lowest BCUT2D eigenvalue weighted by Crippen LogP contribution is -2.22. The van der Waals surface area contributed by atoms with E-state index in [-0.39, 0.29) is 5.56 Å². The molecule has 0 aromatic carbocycles. The summed E-state index contributed by atoms with van der Waals surface area (Å²) < 4.78 is 1.88. The molecule has 0 radical (unpaired) electrons. The number of thiazole rings is 1. The fourth-order valence-corrected chi connectivity index (χ4v) is 2.60. The summed E-state index contributed by atoms with van der Waals surface area (Å²) in [5.41, 5.74) is 8.01. The maximum absolute atomic E-state index is 12.4. The van der Waals surface area contributed by atoms with Crippen molar-refractivity contribution in [2.75, 3.05) is 5.73 Å². The first kappa shape index (κ1) is 10.5. The van der Waals surface area contributed by atoms with Crippen LogP contribution in [0.4, 0.5) is 5.13 Å². The second-order valence-electron chi connectivity index (χ2n) is 4.37. The number of pyridine rings is 1. The maximum atomic E-state index is 12.4. The van der Waals surface area contributed by atoms with Gasteiger partial charge in [0.2, 0.25) is 0 Å². The molecular formula is C12H13N3OS. The highest BCUT2D eigenvalue weighted by atomic mass is 32.1. The van der Waals surface area contributed by atoms with Crippen LogP contribution in [0.5, 0.6) is 0 Å². The fraction of sp³-hybridized carbons (Fsp3) is 0.333. The van der Waals surface area contributed by atoms with Gasteiger partial charge in [0.1, 0.15) is 0 Å². The van der Waals surface area contributed by atoms with E-state index < -0.39 is 0 Å². The Hall–Kier alpha value is -1.62. The predicted molar refractivity (Wildman–Crippen MR) is 69.2 cm³/mol. The lowest BCUT2D eigenvalue weighted by atomic mass is 10.2. The molecule has 3 rings (SSSR count). The first-order chi connectivity index (χ1) is 8.16. The molecule has 1 aliphatic rings. The molecule has 1 fully saturated rings. The van der Waals surface area contributed by atoms with Crippen LogP contribution in [0.3, 0.4) is 0 Å². The average Bonchev–Trinajstić information content (AvgIpc) is 3.02. The molecule has 2 N–H and O–H groups in total. The summed E-state index contributed by atoms with van der Waals surface area (Å²) >= 11 is 1.36. The molecule has 2 aromatic rings. The molecule has 2 heterocycles. The van der Waals surface area contributed by atoms with E-state index >= 15 is 0 Å². The van der Waals surface area contributed by atoms with E-state index in [1.165, 1.54) is 11.3 Å². The highest BCUT2D eigenvalue weighted by Gasteiger charge is 2.26. The van der Waals surface area contributed by atoms with Crippen molar-refractivity contribution in [3.8, 4) is 11.3 Å². The molecule has 4 nitrogen and oxygen atoms in total. The molecule has 0 atom stereocenters. The Labute approximate surface area is 103 Å². The Bertz CT molecular complexity index is 625. The SMILES string of the molecule is Cc1ccc(-c2csc(N)n2)c(=O)n1C1CC1. The van der Waals surface area contributed by atoms with Crippen molar-refractivity contribution in [1.82, 2.24) is 9.55 Å². The van der Waals surface area contributed by atoms with Gasteiger partial charge >= 0.3 is 0 Å². The van der Waals surface area contributed by atoms with Gasteiger partial charge in [-0.05, 0) is 31.9 Å². The number of anilines is 1. The van der Waals surface area contributed by atoms with Crippen LogP contribution >= 0.6 is 11.3 Å². The van der Waals surface area contributed by atoms with Crippen molar-refractivity contribution >= 4 is 16.5 Å². The maximum Gasteiger partial charge on any atom is 0.260 e. The normalized spacial score (nSPS) is 15.1. The lowest BCUT2D eigenvalue weighted by molar-refractivity contribution is 0.683. The number of nitrogens with zero attached hydrogens (tertiary/aromatic N) is 2. The predicted octanol–water partition coefficient (Wildman–Crippen LogP) is 2.20. The van der Waals surface area contributed by atoms with E-state index in [1.54, 1.807) is 0 Å². The van der Waals surface area contributed by atoms with Gasteiger partial charge in [-0.3, -0.25) is 4.79 Å². The van der Waals surface area contributed by atoms with Gasteiger partial charge in [-0.1, -0.05) is 0 Å². The molecule has 0 unspecified atom stereocenters. The van der Waals surface area contributed by atoms with E-state index in [4.69, 9.17) is 5.73 Å². The molecule has 0 spiro atoms. The van der Waals surface area contributed by atoms with Gasteiger partial charge in [0.05, 0.1) is 11.3 Å². The summed E-state index contributed by atoms with van der Waals surface area (Å²) in [6.45, 7) is 1.97. The minimum absolute atomic E-state index is 0.0535. The molecule has 0 amide bonds. The Morgan fingerprint density at radius 1 is 1.47 bits per heavy atom. The third kappa shape index (κ3) is 1.76. The van der Waals surface area contributed by atoms with Crippen molar-refractivity contribution in [2.45, 2.75) is 25.8 Å². The standard InChI is InChI=1S/C12H13N3OS/c1-7-2-5-9(10-6-17-12(13)14-10)11(16)15(7)8-3-4-8/h2,5-6,8H,3-4H2,1H3,(H2,13,14). The zero-order valence-corrected chi connectivity index (χ0v) is 10.3. The minimum atomic E-state index is 0.0535. The summed E-state index contributed by atoms with van der Waals surface area (Å²) in [4.78, 5) is 16.5. The average molecular weight is 247 g/mol. The topological polar surface area (TPSA) is 60.9 Å². The van der Waals surface area contributed by atoms with Gasteiger partial charge in [-0.25, -0.2) is 4.98 Å². The van der Waals surface area contributed by atoms with Gasteiger partial charge in [0, 0.05) is 17.1 Å². The van der Waals surface area contributed by atoms with Crippen molar-refractivity contribution in [3.05, 3.63) is 33.6 Å². The van der Waals surface area contributed by atoms with Crippen LogP contribution < -0.4 is 11.3 Å². The van der Waals surface area contributed by atoms with E-state index in [0.717, 1.165) is 18.5 Å². The number of aromatic nitrogens is 2. The van der Waals surface area contributed by atoms with Crippen molar-refractivity contribution in [2.24, 2.45) is 0 Å². The second kappa shape index (κ2) is 3.70. The van der Waals surface area contributed by atoms with Gasteiger partial charge in [0.15, 0.2) is 5.13 Å². The third-order valence-electron chi connectivity index (χ3n) is 3.03. The number of nitrogens with two attached hydrogens (primary N) is 1. The van der Waals surface area contributed by atoms with Crippen molar-refractivity contribution in [3.63, 3.8) is 0 Å². The lowest BCUT2D eigenvalue weighted by Gasteiger charge is -2.09. The third-order valence-corrected chi connectivity index (χ3v) is 3.70. The summed E-state index contributed by atoms with van der Waals surface area (Å²) in [5, 5.41) is 2.33. The van der Waals surface area contributed by atoms with Crippen molar-refractivity contribution < 1.29 is 0 Å². The monoisotopic (exact) mass is 247 g/mol. The van der Waals surface area contributed by atoms with Crippen LogP contribution in [0.1, 0.15) is 24.6 Å². The molecule has 0 saturated heterocycles. The van der Waals surface area contributed by atoms with Crippen LogP contribution in [0.2, 0.25) is 0 Å². The quantitative estimate of drug-likeness (QED) is 0.885. The zero-order valence-electron chi connectivity index (χ0n) is 9.51. The van der Waals surface area contributed by atoms with Crippen LogP contribution in [-0.2, 0) is 0 Å². The van der Waals surface area contributed by atoms with Crippen LogP contribution in [-0.4, -0.2) is 9.55 Å². The Morgan fingerprint density at radius 2 is 2.24 bits per heavy atom. The van der Waals surface area contributed by atoms with E-state index in [2.05, 4.69) is 4.98 Å². The van der Waals surface area contributed by atoms with Crippen LogP contribution in [0, 0.1) is 6.92 Å². The summed E-state index contributed by atoms with van der Waals surface area (Å²) in [7, 11) is 0. The van der Waals surface area contributed by atoms with Gasteiger partial charge in [-0.2, -0.15) is 0 Å². The first-order valence-electron chi connectivity index (χ1n) is 5.60. The van der Waals surface area contributed by atoms with Crippen LogP contribution in [0.25, 0.3) is 11.3 Å². The highest BCUT2D eigenvalue weighted by molar-refractivity contribution is 7.13. The largest absolute Gasteiger partial charge is 0.375 e. The van der Waals surface area contributed by atoms with Gasteiger partial charge in [-0.15, -0.1) is 11.3 Å². The number of hydrogen-bond donors (Lipinski definition) is 1. The van der Waals surface area contributed by atoms with Gasteiger partial charge in [0.25, 0.3) is 5.56 Å². The fourth-order valence-electron chi connectivity index (χ4n) is 2.04. The molecule has 1 saturated carbocycles. The number of hydrogen-bond acceptors (Lipinski definition) is 4. The van der Waals surface area contributed by atoms with Crippen molar-refractivity contribution in [1.29, 1.82) is 0 Å². The Morgan fingerprint density at radius 3 is 2.82 bits per heavy atom. The molecule has 17 heavy (non-hydrogen) atoms. The van der Waals surface area contributed by atoms with E-state index in [9.17, 15) is 4.79 Å². The number of nitrogen functional groups attached to an aromatic ring is 1. The summed E-state index contributed by atoms with van der Waals surface area (Å²) in [5.74, 6) is 0. The number of aryl methyl sites for hydroxylation is 1. The molecule has 5 heteroatoms. The summed E-state index contributed by atoms with van der Waals surface area (Å²) in [6.07, 6.45) is 2.20. The number of rotatable bonds is 2. The molecule has 88 valence electrons. The Kier molecular flexibility index (Phi) is 2.29. The van der Waals surface area contributed by atoms with E-state index in [0.29, 0.717) is 22.4 Å². The van der Waals surface area contributed by atoms with Gasteiger partial charge < -0.3 is 10.3 Å². The molecule has 2 aromatic heterocycles. The molecule has 1 aliphatic carbocycles. The highest BCUT2D eigenvalue weighted by Crippen LogP contribution is 2.35. The van der Waals surface area contributed by atoms with Crippen LogP contribution in [0.15, 0.2) is 22.3 Å². The molecule has 0 aliphatic heterocycles.